The molecule has 0 spiro atoms. The van der Waals surface area contributed by atoms with E-state index in [-0.39, 0.29) is 33.8 Å². The molecule has 0 aliphatic carbocycles. The maximum atomic E-state index is 2.76. The third-order valence-corrected chi connectivity index (χ3v) is 25.5. The van der Waals surface area contributed by atoms with Crippen molar-refractivity contribution in [2.45, 2.75) is 131 Å². The van der Waals surface area contributed by atoms with E-state index in [1.165, 1.54) is 115 Å². The van der Waals surface area contributed by atoms with Gasteiger partial charge in [-0.05, 0) is 238 Å². The van der Waals surface area contributed by atoms with Crippen LogP contribution in [0.5, 0.6) is 0 Å². The van der Waals surface area contributed by atoms with E-state index in [1.54, 1.807) is 0 Å². The molecule has 20 rings (SSSR count). The van der Waals surface area contributed by atoms with Crippen LogP contribution in [0.25, 0.3) is 137 Å². The molecule has 0 radical (unpaired) electrons. The predicted molar refractivity (Wildman–Crippen MR) is 502 cm³/mol. The number of rotatable bonds is 9. The summed E-state index contributed by atoms with van der Waals surface area (Å²) in [5, 5.41) is 12.7. The summed E-state index contributed by atoms with van der Waals surface area (Å²) < 4.78 is 2.58. The Hall–Kier alpha value is -12.5. The molecule has 18 aromatic rings. The van der Waals surface area contributed by atoms with Gasteiger partial charge >= 0.3 is 0 Å². The Morgan fingerprint density at radius 2 is 0.603 bits per heavy atom. The number of fused-ring (bicyclic) bond motifs is 9. The molecule has 4 heteroatoms. The predicted octanol–water partition coefficient (Wildman–Crippen LogP) is 29.4. The van der Waals surface area contributed by atoms with Gasteiger partial charge in [-0.2, -0.15) is 0 Å². The number of aromatic nitrogens is 1. The van der Waals surface area contributed by atoms with Gasteiger partial charge in [0.2, 0.25) is 0 Å². The van der Waals surface area contributed by atoms with Crippen LogP contribution in [-0.4, -0.2) is 11.3 Å². The summed E-state index contributed by atoms with van der Waals surface area (Å²) in [6.07, 6.45) is 0. The van der Waals surface area contributed by atoms with E-state index < -0.39 is 0 Å². The monoisotopic (exact) mass is 1500 g/mol. The van der Waals surface area contributed by atoms with Crippen molar-refractivity contribution in [1.29, 1.82) is 0 Å². The Balaban J connectivity index is 0.985. The van der Waals surface area contributed by atoms with E-state index in [4.69, 9.17) is 0 Å². The molecule has 3 heterocycles. The van der Waals surface area contributed by atoms with Crippen LogP contribution in [0.4, 0.5) is 34.1 Å². The third-order valence-electron chi connectivity index (χ3n) is 25.5. The molecule has 2 aliphatic rings. The van der Waals surface area contributed by atoms with Crippen molar-refractivity contribution < 1.29 is 0 Å². The standard InChI is InChI=1S/C112H98BN3/c1-108(2,3)78-49-45-69(46-50-78)77-60-100-105-101(61-77)116(107-90(72-35-24-18-25-36-72)66-82(112(13,14)15)67-91(107)73-37-26-19-27-38-73)99-68-83(114-96-57-51-79(109(4,5)6)62-92(96)93-63-80(110(7,8)9)52-58-97(93)114)53-56-95(99)113(105)94-55-48-76(84-54-47-75-41-29-43-86-85-42-28-39-74-40-30-44-87(102(74)85)104(84)103(75)86)59-98(94)115(100)106-88(70-31-20-16-21-32-70)64-81(111(10,11)12)65-89(106)71-33-22-17-23-34-71/h16-68H,1-15H3. The summed E-state index contributed by atoms with van der Waals surface area (Å²) in [6, 6.07) is 125. The van der Waals surface area contributed by atoms with Gasteiger partial charge in [0.1, 0.15) is 0 Å². The Bertz CT molecular complexity index is 6790. The fourth-order valence-corrected chi connectivity index (χ4v) is 19.2. The second-order valence-electron chi connectivity index (χ2n) is 38.1. The summed E-state index contributed by atoms with van der Waals surface area (Å²) in [7, 11) is 0. The zero-order valence-corrected chi connectivity index (χ0v) is 69.5. The summed E-state index contributed by atoms with van der Waals surface area (Å²) in [5.74, 6) is 0. The minimum Gasteiger partial charge on any atom is -0.310 e. The number of nitrogens with zero attached hydrogens (tertiary/aromatic N) is 3. The lowest BCUT2D eigenvalue weighted by Crippen LogP contribution is -2.61. The fraction of sp³-hybridized carbons (Fsp3) is 0.179. The Morgan fingerprint density at radius 3 is 1.04 bits per heavy atom. The molecular weight excluding hydrogens is 1400 g/mol. The van der Waals surface area contributed by atoms with Crippen molar-refractivity contribution in [2.75, 3.05) is 9.80 Å². The Morgan fingerprint density at radius 1 is 0.224 bits per heavy atom. The zero-order chi connectivity index (χ0) is 79.8. The molecule has 0 amide bonds. The summed E-state index contributed by atoms with van der Waals surface area (Å²) >= 11 is 0. The average molecular weight is 1500 g/mol. The molecule has 17 aromatic carbocycles. The SMILES string of the molecule is CC(C)(C)c1ccc(-c2cc3c4c(c2)N(c2c(-c5ccccc5)cc(C(C)(C)C)cc2-c2ccccc2)c2cc(-n5c6ccc(C(C)(C)C)cc6c6cc(C(C)(C)C)ccc65)ccc2B4c2ccc(-c4ccc5cccc6c7cccc8cccc(c4c56)c87)cc2N3c2c(-c3ccccc3)cc(C(C)(C)C)cc2-c2ccccc2)cc1. The van der Waals surface area contributed by atoms with Gasteiger partial charge in [-0.3, -0.25) is 0 Å². The molecule has 1 aromatic heterocycles. The molecule has 0 fully saturated rings. The lowest BCUT2D eigenvalue weighted by molar-refractivity contribution is 0.590. The Labute approximate surface area is 684 Å². The second kappa shape index (κ2) is 26.5. The highest BCUT2D eigenvalue weighted by Gasteiger charge is 2.47. The number of benzene rings is 17. The van der Waals surface area contributed by atoms with Crippen molar-refractivity contribution >= 4 is 122 Å². The quantitative estimate of drug-likeness (QED) is 0.0811. The lowest BCUT2D eigenvalue weighted by atomic mass is 9.33. The molecule has 116 heavy (non-hydrogen) atoms. The highest BCUT2D eigenvalue weighted by Crippen LogP contribution is 2.57. The first-order valence-corrected chi connectivity index (χ1v) is 41.7. The fourth-order valence-electron chi connectivity index (χ4n) is 19.2. The van der Waals surface area contributed by atoms with Gasteiger partial charge in [-0.1, -0.05) is 347 Å². The topological polar surface area (TPSA) is 11.4 Å². The van der Waals surface area contributed by atoms with Crippen LogP contribution in [0.15, 0.2) is 322 Å². The van der Waals surface area contributed by atoms with Crippen LogP contribution in [0.2, 0.25) is 0 Å². The highest BCUT2D eigenvalue weighted by molar-refractivity contribution is 7.00. The van der Waals surface area contributed by atoms with E-state index >= 15 is 0 Å². The van der Waals surface area contributed by atoms with Gasteiger partial charge in [0.05, 0.1) is 22.4 Å². The van der Waals surface area contributed by atoms with E-state index in [2.05, 4.69) is 440 Å². The van der Waals surface area contributed by atoms with Crippen LogP contribution >= 0.6 is 0 Å². The molecule has 564 valence electrons. The van der Waals surface area contributed by atoms with E-state index in [0.29, 0.717) is 0 Å². The van der Waals surface area contributed by atoms with Gasteiger partial charge in [-0.15, -0.1) is 0 Å². The molecule has 3 nitrogen and oxygen atoms in total. The molecule has 0 bridgehead atoms. The normalized spacial score (nSPS) is 13.2. The zero-order valence-electron chi connectivity index (χ0n) is 69.5. The van der Waals surface area contributed by atoms with E-state index in [1.807, 2.05) is 0 Å². The van der Waals surface area contributed by atoms with Gasteiger partial charge in [0.25, 0.3) is 6.71 Å². The molecule has 0 saturated heterocycles. The molecule has 0 atom stereocenters. The van der Waals surface area contributed by atoms with E-state index in [9.17, 15) is 0 Å². The van der Waals surface area contributed by atoms with Crippen LogP contribution in [-0.2, 0) is 27.1 Å². The van der Waals surface area contributed by atoms with Crippen molar-refractivity contribution in [3.8, 4) is 72.4 Å². The summed E-state index contributed by atoms with van der Waals surface area (Å²) in [4.78, 5) is 5.52. The van der Waals surface area contributed by atoms with E-state index in [0.717, 1.165) is 101 Å². The van der Waals surface area contributed by atoms with Crippen LogP contribution in [0, 0.1) is 0 Å². The third kappa shape index (κ3) is 11.8. The van der Waals surface area contributed by atoms with Gasteiger partial charge < -0.3 is 14.4 Å². The van der Waals surface area contributed by atoms with Gasteiger partial charge in [0.15, 0.2) is 0 Å². The van der Waals surface area contributed by atoms with Crippen LogP contribution in [0.1, 0.15) is 132 Å². The van der Waals surface area contributed by atoms with Crippen molar-refractivity contribution in [3.63, 3.8) is 0 Å². The van der Waals surface area contributed by atoms with Crippen molar-refractivity contribution in [1.82, 2.24) is 4.57 Å². The largest absolute Gasteiger partial charge is 0.310 e. The second-order valence-corrected chi connectivity index (χ2v) is 38.1. The number of anilines is 6. The molecule has 0 saturated carbocycles. The number of hydrogen-bond acceptors (Lipinski definition) is 2. The number of hydrogen-bond donors (Lipinski definition) is 0. The lowest BCUT2D eigenvalue weighted by Gasteiger charge is -2.46. The average Bonchev–Trinajstić information content (AvgIpc) is 0.758. The minimum absolute atomic E-state index is 0.0726. The summed E-state index contributed by atoms with van der Waals surface area (Å²) in [6.45, 7) is 35.0. The highest BCUT2D eigenvalue weighted by atomic mass is 15.2. The molecule has 0 unspecified atom stereocenters. The Kier molecular flexibility index (Phi) is 16.6. The van der Waals surface area contributed by atoms with Crippen molar-refractivity contribution in [3.05, 3.63) is 349 Å². The first kappa shape index (κ1) is 72.5. The maximum absolute atomic E-state index is 2.76. The summed E-state index contributed by atoms with van der Waals surface area (Å²) in [5.41, 5.74) is 33.6. The van der Waals surface area contributed by atoms with Gasteiger partial charge in [0, 0.05) is 61.5 Å². The van der Waals surface area contributed by atoms with Crippen LogP contribution < -0.4 is 26.2 Å². The molecule has 0 N–H and O–H groups in total. The maximum Gasteiger partial charge on any atom is 0.252 e. The smallest absolute Gasteiger partial charge is 0.252 e. The van der Waals surface area contributed by atoms with Crippen molar-refractivity contribution in [2.24, 2.45) is 0 Å². The minimum atomic E-state index is -0.287. The van der Waals surface area contributed by atoms with Gasteiger partial charge in [-0.25, -0.2) is 0 Å². The first-order valence-electron chi connectivity index (χ1n) is 41.7. The molecule has 2 aliphatic heterocycles. The molecular formula is C112H98BN3. The van der Waals surface area contributed by atoms with Crippen LogP contribution in [0.3, 0.4) is 0 Å². The first-order chi connectivity index (χ1) is 55.7.